The van der Waals surface area contributed by atoms with Crippen molar-refractivity contribution in [2.75, 3.05) is 31.9 Å². The molecule has 0 saturated carbocycles. The van der Waals surface area contributed by atoms with E-state index in [0.29, 0.717) is 41.9 Å². The van der Waals surface area contributed by atoms with Gasteiger partial charge in [-0.3, -0.25) is 4.79 Å². The summed E-state index contributed by atoms with van der Waals surface area (Å²) in [4.78, 5) is 24.5. The van der Waals surface area contributed by atoms with Crippen molar-refractivity contribution in [1.82, 2.24) is 0 Å². The minimum atomic E-state index is -0.708. The Bertz CT molecular complexity index is 932. The minimum Gasteiger partial charge on any atom is -0.490 e. The third-order valence-corrected chi connectivity index (χ3v) is 4.27. The molecule has 0 aromatic heterocycles. The van der Waals surface area contributed by atoms with E-state index < -0.39 is 18.5 Å². The normalized spacial score (nSPS) is 11.7. The molecule has 2 aromatic carbocycles. The summed E-state index contributed by atoms with van der Waals surface area (Å²) >= 11 is 6.25. The highest BCUT2D eigenvalue weighted by molar-refractivity contribution is 6.32. The highest BCUT2D eigenvalue weighted by atomic mass is 35.5. The second kappa shape index (κ2) is 10.1. The lowest BCUT2D eigenvalue weighted by Crippen LogP contribution is -2.21. The summed E-state index contributed by atoms with van der Waals surface area (Å²) in [7, 11) is 0. The van der Waals surface area contributed by atoms with Gasteiger partial charge in [0, 0.05) is 11.8 Å². The van der Waals surface area contributed by atoms with Crippen LogP contribution in [0.4, 0.5) is 5.69 Å². The minimum absolute atomic E-state index is 0.138. The molecule has 3 rings (SSSR count). The Hall–Kier alpha value is -3.13. The van der Waals surface area contributed by atoms with Gasteiger partial charge < -0.3 is 29.0 Å². The molecule has 1 heterocycles. The van der Waals surface area contributed by atoms with Gasteiger partial charge in [-0.2, -0.15) is 0 Å². The summed E-state index contributed by atoms with van der Waals surface area (Å²) in [5.74, 6) is 0.649. The van der Waals surface area contributed by atoms with E-state index in [1.165, 1.54) is 12.1 Å². The van der Waals surface area contributed by atoms with Crippen LogP contribution in [0.2, 0.25) is 5.02 Å². The van der Waals surface area contributed by atoms with Crippen LogP contribution in [0.5, 0.6) is 23.0 Å². The number of carbonyl (C=O) groups is 2. The molecule has 0 unspecified atom stereocenters. The Morgan fingerprint density at radius 3 is 2.67 bits per heavy atom. The maximum Gasteiger partial charge on any atom is 0.338 e. The van der Waals surface area contributed by atoms with Gasteiger partial charge in [0.15, 0.2) is 29.6 Å². The molecule has 0 bridgehead atoms. The van der Waals surface area contributed by atoms with Crippen LogP contribution in [-0.4, -0.2) is 38.5 Å². The Morgan fingerprint density at radius 2 is 1.90 bits per heavy atom. The second-order valence-corrected chi connectivity index (χ2v) is 6.67. The fraction of sp³-hybridized carbons (Fsp3) is 0.333. The summed E-state index contributed by atoms with van der Waals surface area (Å²) in [6.07, 6.45) is 0.796. The summed E-state index contributed by atoms with van der Waals surface area (Å²) in [6.45, 7) is 4.28. The van der Waals surface area contributed by atoms with Crippen molar-refractivity contribution in [3.05, 3.63) is 40.9 Å². The molecule has 0 atom stereocenters. The third kappa shape index (κ3) is 5.27. The number of hydrogen-bond acceptors (Lipinski definition) is 7. The van der Waals surface area contributed by atoms with Gasteiger partial charge in [-0.25, -0.2) is 4.79 Å². The Balaban J connectivity index is 1.61. The van der Waals surface area contributed by atoms with E-state index in [9.17, 15) is 9.59 Å². The molecule has 1 aliphatic heterocycles. The van der Waals surface area contributed by atoms with Crippen molar-refractivity contribution in [1.29, 1.82) is 0 Å². The van der Waals surface area contributed by atoms with Crippen LogP contribution in [0.15, 0.2) is 30.3 Å². The lowest BCUT2D eigenvalue weighted by molar-refractivity contribution is -0.119. The van der Waals surface area contributed by atoms with E-state index in [0.717, 1.165) is 6.42 Å². The van der Waals surface area contributed by atoms with Gasteiger partial charge in [0.25, 0.3) is 5.91 Å². The highest BCUT2D eigenvalue weighted by Crippen LogP contribution is 2.37. The summed E-state index contributed by atoms with van der Waals surface area (Å²) < 4.78 is 26.7. The zero-order chi connectivity index (χ0) is 21.5. The Kier molecular flexibility index (Phi) is 7.24. The van der Waals surface area contributed by atoms with E-state index in [1.54, 1.807) is 18.2 Å². The van der Waals surface area contributed by atoms with Crippen LogP contribution >= 0.6 is 11.6 Å². The Labute approximate surface area is 179 Å². The van der Waals surface area contributed by atoms with Crippen LogP contribution in [0.3, 0.4) is 0 Å². The lowest BCUT2D eigenvalue weighted by atomic mass is 10.2. The topological polar surface area (TPSA) is 92.3 Å². The number of fused-ring (bicyclic) bond motifs is 1. The van der Waals surface area contributed by atoms with Crippen molar-refractivity contribution in [3.8, 4) is 23.0 Å². The third-order valence-electron chi connectivity index (χ3n) is 3.99. The first kappa shape index (κ1) is 21.6. The zero-order valence-corrected chi connectivity index (χ0v) is 17.4. The molecular weight excluding hydrogens is 414 g/mol. The fourth-order valence-corrected chi connectivity index (χ4v) is 2.94. The molecule has 8 nitrogen and oxygen atoms in total. The van der Waals surface area contributed by atoms with Gasteiger partial charge in [-0.05, 0) is 37.6 Å². The van der Waals surface area contributed by atoms with Gasteiger partial charge in [0.05, 0.1) is 23.8 Å². The van der Waals surface area contributed by atoms with Crippen LogP contribution in [0.25, 0.3) is 0 Å². The molecule has 2 aromatic rings. The predicted octanol–water partition coefficient (Wildman–Crippen LogP) is 4.05. The molecule has 0 aliphatic carbocycles. The van der Waals surface area contributed by atoms with Gasteiger partial charge in [-0.1, -0.05) is 18.5 Å². The average Bonchev–Trinajstić information content (AvgIpc) is 3.19. The Morgan fingerprint density at radius 1 is 1.10 bits per heavy atom. The maximum atomic E-state index is 12.4. The second-order valence-electron chi connectivity index (χ2n) is 6.26. The van der Waals surface area contributed by atoms with E-state index in [-0.39, 0.29) is 17.4 Å². The van der Waals surface area contributed by atoms with Crippen LogP contribution < -0.4 is 24.3 Å². The molecular formula is C21H22ClNO7. The molecule has 160 valence electrons. The predicted molar refractivity (Wildman–Crippen MR) is 110 cm³/mol. The average molecular weight is 436 g/mol. The first-order valence-corrected chi connectivity index (χ1v) is 9.85. The molecule has 9 heteroatoms. The molecule has 0 saturated heterocycles. The number of nitrogens with one attached hydrogen (secondary N) is 1. The number of esters is 1. The fourth-order valence-electron chi connectivity index (χ4n) is 2.68. The van der Waals surface area contributed by atoms with Crippen LogP contribution in [0.1, 0.15) is 30.6 Å². The van der Waals surface area contributed by atoms with Gasteiger partial charge in [-0.15, -0.1) is 0 Å². The SMILES string of the molecule is CCCOc1c(Cl)cc(C(=O)OCC(=O)Nc2ccc3c(c2)OCO3)cc1OCC. The summed E-state index contributed by atoms with van der Waals surface area (Å²) in [6, 6.07) is 7.89. The molecule has 30 heavy (non-hydrogen) atoms. The van der Waals surface area contributed by atoms with Crippen molar-refractivity contribution in [2.24, 2.45) is 0 Å². The maximum absolute atomic E-state index is 12.4. The van der Waals surface area contributed by atoms with Crippen molar-refractivity contribution in [3.63, 3.8) is 0 Å². The quantitative estimate of drug-likeness (QED) is 0.594. The zero-order valence-electron chi connectivity index (χ0n) is 16.7. The highest BCUT2D eigenvalue weighted by Gasteiger charge is 2.19. The van der Waals surface area contributed by atoms with E-state index in [2.05, 4.69) is 5.32 Å². The van der Waals surface area contributed by atoms with Crippen molar-refractivity contribution < 1.29 is 33.3 Å². The number of halogens is 1. The molecule has 0 fully saturated rings. The number of benzene rings is 2. The van der Waals surface area contributed by atoms with E-state index in [1.807, 2.05) is 13.8 Å². The van der Waals surface area contributed by atoms with E-state index in [4.69, 9.17) is 35.3 Å². The first-order chi connectivity index (χ1) is 14.5. The number of hydrogen-bond donors (Lipinski definition) is 1. The van der Waals surface area contributed by atoms with Gasteiger partial charge in [0.2, 0.25) is 6.79 Å². The molecule has 0 radical (unpaired) electrons. The molecule has 1 N–H and O–H groups in total. The summed E-state index contributed by atoms with van der Waals surface area (Å²) in [5, 5.41) is 2.86. The monoisotopic (exact) mass is 435 g/mol. The lowest BCUT2D eigenvalue weighted by Gasteiger charge is -2.14. The van der Waals surface area contributed by atoms with E-state index >= 15 is 0 Å². The number of rotatable bonds is 9. The van der Waals surface area contributed by atoms with Crippen molar-refractivity contribution in [2.45, 2.75) is 20.3 Å². The molecule has 0 spiro atoms. The first-order valence-electron chi connectivity index (χ1n) is 9.47. The molecule has 1 aliphatic rings. The number of anilines is 1. The summed E-state index contributed by atoms with van der Waals surface area (Å²) in [5.41, 5.74) is 0.655. The standard InChI is InChI=1S/C21H22ClNO7/c1-3-7-27-20-15(22)8-13(9-18(20)26-4-2)21(25)28-11-19(24)23-14-5-6-16-17(10-14)30-12-29-16/h5-6,8-10H,3-4,7,11-12H2,1-2H3,(H,23,24). The number of ether oxygens (including phenoxy) is 5. The number of amides is 1. The van der Waals surface area contributed by atoms with Gasteiger partial charge >= 0.3 is 5.97 Å². The number of carbonyl (C=O) groups excluding carboxylic acids is 2. The smallest absolute Gasteiger partial charge is 0.338 e. The van der Waals surface area contributed by atoms with Crippen molar-refractivity contribution >= 4 is 29.2 Å². The van der Waals surface area contributed by atoms with Crippen LogP contribution in [0, 0.1) is 0 Å². The molecule has 1 amide bonds. The van der Waals surface area contributed by atoms with Crippen LogP contribution in [-0.2, 0) is 9.53 Å². The largest absolute Gasteiger partial charge is 0.490 e. The van der Waals surface area contributed by atoms with Gasteiger partial charge in [0.1, 0.15) is 0 Å².